The molecule has 1 unspecified atom stereocenters. The number of hydrogen-bond acceptors (Lipinski definition) is 0. The average Bonchev–Trinajstić information content (AvgIpc) is 3.10. The van der Waals surface area contributed by atoms with Crippen LogP contribution in [-0.2, 0) is 12.8 Å². The third-order valence-electron chi connectivity index (χ3n) is 5.28. The van der Waals surface area contributed by atoms with Gasteiger partial charge in [0.15, 0.2) is 5.71 Å². The summed E-state index contributed by atoms with van der Waals surface area (Å²) in [5, 5.41) is 0. The minimum Gasteiger partial charge on any atom is -0.236 e. The molecule has 1 heteroatoms. The van der Waals surface area contributed by atoms with E-state index in [1.54, 1.807) is 16.8 Å². The molecule has 1 nitrogen and oxygen atoms in total. The van der Waals surface area contributed by atoms with Gasteiger partial charge >= 0.3 is 0 Å². The molecule has 0 aromatic heterocycles. The first-order valence-electron chi connectivity index (χ1n) is 8.64. The molecule has 0 N–H and O–H groups in total. The van der Waals surface area contributed by atoms with Crippen LogP contribution in [-0.4, -0.2) is 23.4 Å². The molecule has 1 saturated heterocycles. The molecule has 1 fully saturated rings. The molecule has 0 spiro atoms. The number of hydrogen-bond donors (Lipinski definition) is 0. The Morgan fingerprint density at radius 2 is 1.55 bits per heavy atom. The molecule has 1 aliphatic heterocycles. The van der Waals surface area contributed by atoms with Gasteiger partial charge in [-0.3, -0.25) is 0 Å². The Labute approximate surface area is 133 Å². The van der Waals surface area contributed by atoms with Gasteiger partial charge in [-0.05, 0) is 29.5 Å². The predicted octanol–water partition coefficient (Wildman–Crippen LogP) is 4.21. The van der Waals surface area contributed by atoms with Crippen molar-refractivity contribution in [3.8, 4) is 0 Å². The number of rotatable bonds is 2. The van der Waals surface area contributed by atoms with Crippen LogP contribution in [0.25, 0.3) is 0 Å². The molecule has 112 valence electrons. The Morgan fingerprint density at radius 1 is 0.818 bits per heavy atom. The molecule has 0 saturated carbocycles. The fourth-order valence-electron chi connectivity index (χ4n) is 4.18. The SMILES string of the molecule is c1ccc(CC2C(=[N+]3CCCC3)CCc3ccccc32)cc1. The van der Waals surface area contributed by atoms with E-state index in [0.29, 0.717) is 5.92 Å². The molecule has 22 heavy (non-hydrogen) atoms. The van der Waals surface area contributed by atoms with Gasteiger partial charge in [0.1, 0.15) is 13.1 Å². The highest BCUT2D eigenvalue weighted by Crippen LogP contribution is 2.33. The largest absolute Gasteiger partial charge is 0.236 e. The van der Waals surface area contributed by atoms with E-state index in [1.807, 2.05) is 0 Å². The van der Waals surface area contributed by atoms with E-state index in [2.05, 4.69) is 59.2 Å². The number of aryl methyl sites for hydroxylation is 1. The fourth-order valence-corrected chi connectivity index (χ4v) is 4.18. The minimum atomic E-state index is 0.574. The average molecular weight is 290 g/mol. The lowest BCUT2D eigenvalue weighted by molar-refractivity contribution is -0.509. The van der Waals surface area contributed by atoms with Crippen LogP contribution >= 0.6 is 0 Å². The van der Waals surface area contributed by atoms with E-state index in [9.17, 15) is 0 Å². The molecule has 1 atom stereocenters. The zero-order valence-corrected chi connectivity index (χ0v) is 13.2. The number of fused-ring (bicyclic) bond motifs is 1. The molecule has 0 amide bonds. The summed E-state index contributed by atoms with van der Waals surface area (Å²) < 4.78 is 2.68. The molecule has 2 aliphatic rings. The van der Waals surface area contributed by atoms with E-state index < -0.39 is 0 Å². The van der Waals surface area contributed by atoms with E-state index in [0.717, 1.165) is 6.42 Å². The second-order valence-electron chi connectivity index (χ2n) is 6.63. The van der Waals surface area contributed by atoms with Gasteiger partial charge < -0.3 is 0 Å². The van der Waals surface area contributed by atoms with Crippen molar-refractivity contribution >= 4 is 5.71 Å². The van der Waals surface area contributed by atoms with Crippen molar-refractivity contribution in [2.24, 2.45) is 0 Å². The van der Waals surface area contributed by atoms with Gasteiger partial charge in [0, 0.05) is 19.3 Å². The van der Waals surface area contributed by atoms with Crippen LogP contribution in [0.5, 0.6) is 0 Å². The summed E-state index contributed by atoms with van der Waals surface area (Å²) in [6, 6.07) is 20.1. The summed E-state index contributed by atoms with van der Waals surface area (Å²) in [6.07, 6.45) is 6.33. The highest BCUT2D eigenvalue weighted by atomic mass is 15.0. The first-order chi connectivity index (χ1) is 10.9. The van der Waals surface area contributed by atoms with Gasteiger partial charge in [0.25, 0.3) is 0 Å². The second-order valence-corrected chi connectivity index (χ2v) is 6.63. The third-order valence-corrected chi connectivity index (χ3v) is 5.28. The van der Waals surface area contributed by atoms with Crippen LogP contribution in [0.3, 0.4) is 0 Å². The summed E-state index contributed by atoms with van der Waals surface area (Å²) in [6.45, 7) is 2.53. The monoisotopic (exact) mass is 290 g/mol. The molecule has 2 aromatic rings. The highest BCUT2D eigenvalue weighted by molar-refractivity contribution is 5.89. The van der Waals surface area contributed by atoms with Crippen LogP contribution in [0, 0.1) is 0 Å². The van der Waals surface area contributed by atoms with Crippen molar-refractivity contribution in [2.75, 3.05) is 13.1 Å². The van der Waals surface area contributed by atoms with Crippen LogP contribution < -0.4 is 0 Å². The van der Waals surface area contributed by atoms with Crippen molar-refractivity contribution in [1.29, 1.82) is 0 Å². The highest BCUT2D eigenvalue weighted by Gasteiger charge is 2.33. The molecular weight excluding hydrogens is 266 g/mol. The van der Waals surface area contributed by atoms with E-state index >= 15 is 0 Å². The maximum Gasteiger partial charge on any atom is 0.160 e. The Kier molecular flexibility index (Phi) is 3.80. The zero-order valence-electron chi connectivity index (χ0n) is 13.2. The Hall–Kier alpha value is -1.89. The molecule has 1 heterocycles. The quantitative estimate of drug-likeness (QED) is 0.729. The normalized spacial score (nSPS) is 21.0. The molecular formula is C21H24N+. The summed E-state index contributed by atoms with van der Waals surface area (Å²) in [4.78, 5) is 0. The summed E-state index contributed by atoms with van der Waals surface area (Å²) >= 11 is 0. The molecule has 4 rings (SSSR count). The number of benzene rings is 2. The Morgan fingerprint density at radius 3 is 2.36 bits per heavy atom. The van der Waals surface area contributed by atoms with Crippen LogP contribution in [0.15, 0.2) is 54.6 Å². The van der Waals surface area contributed by atoms with Crippen molar-refractivity contribution in [2.45, 2.75) is 38.0 Å². The minimum absolute atomic E-state index is 0.574. The third kappa shape index (κ3) is 2.61. The first-order valence-corrected chi connectivity index (χ1v) is 8.64. The second kappa shape index (κ2) is 6.08. The van der Waals surface area contributed by atoms with Gasteiger partial charge in [-0.15, -0.1) is 0 Å². The lowest BCUT2D eigenvalue weighted by Gasteiger charge is -2.26. The predicted molar refractivity (Wildman–Crippen MR) is 91.9 cm³/mol. The summed E-state index contributed by atoms with van der Waals surface area (Å²) in [7, 11) is 0. The van der Waals surface area contributed by atoms with Crippen molar-refractivity contribution in [3.63, 3.8) is 0 Å². The lowest BCUT2D eigenvalue weighted by atomic mass is 9.78. The van der Waals surface area contributed by atoms with Gasteiger partial charge in [-0.1, -0.05) is 54.6 Å². The summed E-state index contributed by atoms with van der Waals surface area (Å²) in [5.74, 6) is 0.574. The maximum absolute atomic E-state index is 2.68. The number of nitrogens with zero attached hydrogens (tertiary/aromatic N) is 1. The van der Waals surface area contributed by atoms with E-state index in [-0.39, 0.29) is 0 Å². The van der Waals surface area contributed by atoms with Crippen LogP contribution in [0.2, 0.25) is 0 Å². The van der Waals surface area contributed by atoms with Gasteiger partial charge in [-0.25, -0.2) is 4.58 Å². The van der Waals surface area contributed by atoms with Crippen molar-refractivity contribution in [1.82, 2.24) is 0 Å². The van der Waals surface area contributed by atoms with Crippen molar-refractivity contribution < 1.29 is 4.58 Å². The zero-order chi connectivity index (χ0) is 14.8. The first kappa shape index (κ1) is 13.8. The molecule has 1 aliphatic carbocycles. The Bertz CT molecular complexity index is 676. The summed E-state index contributed by atoms with van der Waals surface area (Å²) in [5.41, 5.74) is 6.28. The maximum atomic E-state index is 2.68. The molecule has 2 aromatic carbocycles. The molecule has 0 radical (unpaired) electrons. The van der Waals surface area contributed by atoms with Gasteiger partial charge in [-0.2, -0.15) is 0 Å². The van der Waals surface area contributed by atoms with Crippen molar-refractivity contribution in [3.05, 3.63) is 71.3 Å². The van der Waals surface area contributed by atoms with Crippen LogP contribution in [0.4, 0.5) is 0 Å². The Balaban J connectivity index is 1.75. The fraction of sp³-hybridized carbons (Fsp3) is 0.381. The van der Waals surface area contributed by atoms with E-state index in [4.69, 9.17) is 0 Å². The van der Waals surface area contributed by atoms with E-state index in [1.165, 1.54) is 44.3 Å². The topological polar surface area (TPSA) is 3.01 Å². The standard InChI is InChI=1S/C21H24N/c1-2-8-17(9-3-1)16-20-19-11-5-4-10-18(19)12-13-21(20)22-14-6-7-15-22/h1-5,8-11,20H,6-7,12-16H2/q+1. The van der Waals surface area contributed by atoms with Gasteiger partial charge in [0.05, 0.1) is 5.92 Å². The lowest BCUT2D eigenvalue weighted by Crippen LogP contribution is -2.30. The van der Waals surface area contributed by atoms with Crippen LogP contribution in [0.1, 0.15) is 41.9 Å². The van der Waals surface area contributed by atoms with Gasteiger partial charge in [0.2, 0.25) is 0 Å². The molecule has 0 bridgehead atoms. The smallest absolute Gasteiger partial charge is 0.160 e.